The number of nitrogens with two attached hydrogens (primary N) is 1. The fraction of sp³-hybridized carbons (Fsp3) is 0.133. The van der Waals surface area contributed by atoms with Crippen molar-refractivity contribution in [3.63, 3.8) is 0 Å². The van der Waals surface area contributed by atoms with Crippen molar-refractivity contribution in [2.24, 2.45) is 5.73 Å². The van der Waals surface area contributed by atoms with Crippen LogP contribution in [0.1, 0.15) is 5.56 Å². The first kappa shape index (κ1) is 14.3. The Morgan fingerprint density at radius 2 is 1.70 bits per heavy atom. The van der Waals surface area contributed by atoms with E-state index in [2.05, 4.69) is 0 Å². The molecule has 0 heterocycles. The fourth-order valence-electron chi connectivity index (χ4n) is 1.72. The van der Waals surface area contributed by atoms with Gasteiger partial charge in [-0.1, -0.05) is 36.4 Å². The van der Waals surface area contributed by atoms with Crippen molar-refractivity contribution in [3.05, 3.63) is 60.2 Å². The summed E-state index contributed by atoms with van der Waals surface area (Å²) in [6.07, 6.45) is 0. The van der Waals surface area contributed by atoms with Crippen molar-refractivity contribution in [3.8, 4) is 11.5 Å². The number of ether oxygens (including phenoxy) is 1. The van der Waals surface area contributed by atoms with Gasteiger partial charge in [0.15, 0.2) is 0 Å². The van der Waals surface area contributed by atoms with E-state index in [0.717, 1.165) is 5.56 Å². The maximum atomic E-state index is 11.8. The Kier molecular flexibility index (Phi) is 4.90. The van der Waals surface area contributed by atoms with Crippen LogP contribution in [0.5, 0.6) is 11.5 Å². The highest BCUT2D eigenvalue weighted by atomic mass is 32.2. The van der Waals surface area contributed by atoms with Crippen LogP contribution in [0.25, 0.3) is 0 Å². The number of hydrogen-bond acceptors (Lipinski definition) is 3. The molecule has 2 N–H and O–H groups in total. The van der Waals surface area contributed by atoms with Crippen LogP contribution in [0.3, 0.4) is 0 Å². The summed E-state index contributed by atoms with van der Waals surface area (Å²) < 4.78 is 17.5. The van der Waals surface area contributed by atoms with Crippen molar-refractivity contribution >= 4 is 16.7 Å². The molecule has 5 heteroatoms. The van der Waals surface area contributed by atoms with Crippen molar-refractivity contribution in [2.75, 3.05) is 5.75 Å². The zero-order valence-corrected chi connectivity index (χ0v) is 11.6. The summed E-state index contributed by atoms with van der Waals surface area (Å²) in [7, 11) is -1.32. The van der Waals surface area contributed by atoms with Crippen LogP contribution in [0, 0.1) is 0 Å². The third-order valence-electron chi connectivity index (χ3n) is 2.56. The summed E-state index contributed by atoms with van der Waals surface area (Å²) in [6.45, 7) is 0. The molecular weight excluding hydrogens is 274 g/mol. The largest absolute Gasteiger partial charge is 0.457 e. The molecule has 2 rings (SSSR count). The van der Waals surface area contributed by atoms with E-state index in [1.165, 1.54) is 0 Å². The number of rotatable bonds is 6. The average molecular weight is 289 g/mol. The molecule has 0 aliphatic carbocycles. The van der Waals surface area contributed by atoms with Gasteiger partial charge in [-0.25, -0.2) is 0 Å². The Labute approximate surface area is 120 Å². The molecule has 1 atom stereocenters. The first-order valence-corrected chi connectivity index (χ1v) is 7.58. The second-order valence-electron chi connectivity index (χ2n) is 4.22. The van der Waals surface area contributed by atoms with Crippen molar-refractivity contribution in [1.82, 2.24) is 0 Å². The van der Waals surface area contributed by atoms with E-state index < -0.39 is 16.7 Å². The molecule has 1 amide bonds. The van der Waals surface area contributed by atoms with E-state index in [0.29, 0.717) is 11.5 Å². The first-order valence-electron chi connectivity index (χ1n) is 6.09. The minimum Gasteiger partial charge on any atom is -0.457 e. The highest BCUT2D eigenvalue weighted by Gasteiger charge is 2.10. The van der Waals surface area contributed by atoms with Crippen LogP contribution in [0.15, 0.2) is 54.6 Å². The number of benzene rings is 2. The molecule has 2 aromatic carbocycles. The topological polar surface area (TPSA) is 69.4 Å². The number of carbonyl (C=O) groups is 1. The molecule has 0 fully saturated rings. The highest BCUT2D eigenvalue weighted by Crippen LogP contribution is 2.25. The van der Waals surface area contributed by atoms with Crippen LogP contribution in [0.4, 0.5) is 0 Å². The number of amides is 1. The first-order chi connectivity index (χ1) is 9.65. The summed E-state index contributed by atoms with van der Waals surface area (Å²) in [4.78, 5) is 10.8. The third kappa shape index (κ3) is 4.20. The molecule has 0 bridgehead atoms. The van der Waals surface area contributed by atoms with Gasteiger partial charge in [-0.3, -0.25) is 9.00 Å². The van der Waals surface area contributed by atoms with Gasteiger partial charge < -0.3 is 10.5 Å². The fourth-order valence-corrected chi connectivity index (χ4v) is 2.73. The lowest BCUT2D eigenvalue weighted by molar-refractivity contribution is -0.115. The molecule has 20 heavy (non-hydrogen) atoms. The van der Waals surface area contributed by atoms with E-state index in [4.69, 9.17) is 10.5 Å². The summed E-state index contributed by atoms with van der Waals surface area (Å²) in [5.74, 6) is 0.882. The zero-order chi connectivity index (χ0) is 14.4. The standard InChI is InChI=1S/C15H15NO3S/c16-15(17)11-20(18)10-12-6-4-5-9-14(12)19-13-7-2-1-3-8-13/h1-9H,10-11H2,(H2,16,17)/t20-/m1/s1. The lowest BCUT2D eigenvalue weighted by atomic mass is 10.2. The van der Waals surface area contributed by atoms with E-state index in [1.807, 2.05) is 54.6 Å². The molecule has 0 saturated carbocycles. The quantitative estimate of drug-likeness (QED) is 0.886. The maximum absolute atomic E-state index is 11.8. The molecule has 2 aromatic rings. The number of carbonyl (C=O) groups excluding carboxylic acids is 1. The SMILES string of the molecule is NC(=O)C[S@](=O)Cc1ccccc1Oc1ccccc1. The molecule has 0 unspecified atom stereocenters. The van der Waals surface area contributed by atoms with Gasteiger partial charge in [0, 0.05) is 16.4 Å². The predicted molar refractivity (Wildman–Crippen MR) is 78.9 cm³/mol. The van der Waals surface area contributed by atoms with Crippen LogP contribution in [-0.2, 0) is 21.3 Å². The van der Waals surface area contributed by atoms with Gasteiger partial charge in [-0.05, 0) is 18.2 Å². The minimum absolute atomic E-state index is 0.139. The molecule has 4 nitrogen and oxygen atoms in total. The Hall–Kier alpha value is -2.14. The number of hydrogen-bond donors (Lipinski definition) is 1. The lowest BCUT2D eigenvalue weighted by Gasteiger charge is -2.10. The summed E-state index contributed by atoms with van der Waals surface area (Å²) in [5.41, 5.74) is 5.83. The minimum atomic E-state index is -1.32. The summed E-state index contributed by atoms with van der Waals surface area (Å²) in [6, 6.07) is 16.7. The van der Waals surface area contributed by atoms with Gasteiger partial charge in [-0.15, -0.1) is 0 Å². The number of para-hydroxylation sites is 2. The Bertz CT molecular complexity index is 614. The Morgan fingerprint density at radius 3 is 2.40 bits per heavy atom. The van der Waals surface area contributed by atoms with E-state index >= 15 is 0 Å². The molecule has 0 radical (unpaired) electrons. The zero-order valence-electron chi connectivity index (χ0n) is 10.8. The Morgan fingerprint density at radius 1 is 1.05 bits per heavy atom. The lowest BCUT2D eigenvalue weighted by Crippen LogP contribution is -2.20. The monoisotopic (exact) mass is 289 g/mol. The third-order valence-corrected chi connectivity index (χ3v) is 3.80. The van der Waals surface area contributed by atoms with Gasteiger partial charge in [0.2, 0.25) is 5.91 Å². The van der Waals surface area contributed by atoms with E-state index in [1.54, 1.807) is 0 Å². The van der Waals surface area contributed by atoms with Gasteiger partial charge in [-0.2, -0.15) is 0 Å². The van der Waals surface area contributed by atoms with Crippen LogP contribution in [0.2, 0.25) is 0 Å². The second-order valence-corrected chi connectivity index (χ2v) is 5.67. The van der Waals surface area contributed by atoms with Gasteiger partial charge in [0.25, 0.3) is 0 Å². The van der Waals surface area contributed by atoms with Gasteiger partial charge in [0.05, 0.1) is 5.75 Å². The highest BCUT2D eigenvalue weighted by molar-refractivity contribution is 7.84. The predicted octanol–water partition coefficient (Wildman–Crippen LogP) is 2.21. The van der Waals surface area contributed by atoms with Crippen LogP contribution >= 0.6 is 0 Å². The number of primary amides is 1. The smallest absolute Gasteiger partial charge is 0.230 e. The average Bonchev–Trinajstić information content (AvgIpc) is 2.41. The maximum Gasteiger partial charge on any atom is 0.230 e. The molecule has 0 saturated heterocycles. The summed E-state index contributed by atoms with van der Waals surface area (Å²) in [5, 5.41) is 0. The van der Waals surface area contributed by atoms with Crippen molar-refractivity contribution in [2.45, 2.75) is 5.75 Å². The van der Waals surface area contributed by atoms with E-state index in [9.17, 15) is 9.00 Å². The van der Waals surface area contributed by atoms with Crippen LogP contribution < -0.4 is 10.5 Å². The van der Waals surface area contributed by atoms with Crippen molar-refractivity contribution < 1.29 is 13.7 Å². The summed E-state index contributed by atoms with van der Waals surface area (Å²) >= 11 is 0. The molecule has 0 spiro atoms. The molecule has 104 valence electrons. The van der Waals surface area contributed by atoms with Crippen molar-refractivity contribution in [1.29, 1.82) is 0 Å². The second kappa shape index (κ2) is 6.86. The van der Waals surface area contributed by atoms with Crippen LogP contribution in [-0.4, -0.2) is 15.9 Å². The van der Waals surface area contributed by atoms with Gasteiger partial charge >= 0.3 is 0 Å². The molecule has 0 aliphatic heterocycles. The molecule has 0 aromatic heterocycles. The molecule has 0 aliphatic rings. The normalized spacial score (nSPS) is 11.8. The molecular formula is C15H15NO3S. The van der Waals surface area contributed by atoms with Gasteiger partial charge in [0.1, 0.15) is 17.3 Å². The van der Waals surface area contributed by atoms with E-state index in [-0.39, 0.29) is 11.5 Å². The Balaban J connectivity index is 2.14.